The van der Waals surface area contributed by atoms with E-state index in [4.69, 9.17) is 8.92 Å². The van der Waals surface area contributed by atoms with Gasteiger partial charge in [0, 0.05) is 22.4 Å². The minimum absolute atomic E-state index is 0. The molecular formula is H3AlO2SiTa. The van der Waals surface area contributed by atoms with Crippen LogP contribution in [0, 0.1) is 0 Å². The van der Waals surface area contributed by atoms with Crippen LogP contribution in [0.2, 0.25) is 0 Å². The van der Waals surface area contributed by atoms with Gasteiger partial charge in [-0.1, -0.05) is 0 Å². The van der Waals surface area contributed by atoms with E-state index in [1.165, 1.54) is 0 Å². The molecule has 0 heterocycles. The Kier molecular flexibility index (Phi) is 64.4. The van der Waals surface area contributed by atoms with Crippen LogP contribution in [0.4, 0.5) is 0 Å². The molecule has 0 bridgehead atoms. The van der Waals surface area contributed by atoms with E-state index >= 15 is 0 Å². The Morgan fingerprint density at radius 1 is 1.20 bits per heavy atom. The van der Waals surface area contributed by atoms with Gasteiger partial charge in [-0.2, -0.15) is 0 Å². The molecule has 0 aliphatic carbocycles. The molecule has 0 aromatic rings. The zero-order valence-electron chi connectivity index (χ0n) is 1.76. The first-order valence-electron chi connectivity index (χ1n) is 0.408. The van der Waals surface area contributed by atoms with Gasteiger partial charge < -0.3 is 0 Å². The van der Waals surface area contributed by atoms with Crippen molar-refractivity contribution in [3.63, 3.8) is 0 Å². The first-order valence-corrected chi connectivity index (χ1v) is 1.22. The van der Waals surface area contributed by atoms with E-state index in [9.17, 15) is 0 Å². The summed E-state index contributed by atoms with van der Waals surface area (Å²) in [5.74, 6) is 0. The second-order valence-corrected chi connectivity index (χ2v) is 0.250. The number of rotatable bonds is 0. The predicted molar refractivity (Wildman–Crippen MR) is 17.1 cm³/mol. The molecular weight excluding hydrogens is 268 g/mol. The summed E-state index contributed by atoms with van der Waals surface area (Å²) in [4.78, 5) is 0. The van der Waals surface area contributed by atoms with Gasteiger partial charge in [0.15, 0.2) is 17.4 Å². The standard InChI is InChI=1S/Al.O2Si.Ta.3H/c;1-3-2;;;;. The minimum Gasteiger partial charge on any atom is -0.274 e. The Morgan fingerprint density at radius 3 is 1.20 bits per heavy atom. The predicted octanol–water partition coefficient (Wildman–Crippen LogP) is -1.80. The molecule has 2 nitrogen and oxygen atoms in total. The molecule has 0 aromatic carbocycles. The van der Waals surface area contributed by atoms with Gasteiger partial charge in [-0.25, -0.2) is 0 Å². The summed E-state index contributed by atoms with van der Waals surface area (Å²) in [6.07, 6.45) is 0. The van der Waals surface area contributed by atoms with Gasteiger partial charge in [0.25, 0.3) is 0 Å². The molecule has 1 radical (unpaired) electrons. The number of hydrogen-bond donors (Lipinski definition) is 0. The van der Waals surface area contributed by atoms with Crippen LogP contribution in [0.1, 0.15) is 0 Å². The van der Waals surface area contributed by atoms with E-state index in [0.29, 0.717) is 0 Å². The van der Waals surface area contributed by atoms with Gasteiger partial charge in [-0.05, 0) is 0 Å². The third-order valence-corrected chi connectivity index (χ3v) is 0. The van der Waals surface area contributed by atoms with Crippen LogP contribution in [-0.4, -0.2) is 26.7 Å². The van der Waals surface area contributed by atoms with E-state index in [2.05, 4.69) is 0 Å². The molecule has 0 rings (SSSR count). The van der Waals surface area contributed by atoms with Crippen molar-refractivity contribution in [2.75, 3.05) is 0 Å². The Bertz CT molecular complexity index is 30.6. The van der Waals surface area contributed by atoms with Gasteiger partial charge in [0.05, 0.1) is 0 Å². The van der Waals surface area contributed by atoms with E-state index in [-0.39, 0.29) is 39.7 Å². The van der Waals surface area contributed by atoms with Crippen LogP contribution < -0.4 is 0 Å². The van der Waals surface area contributed by atoms with Crippen molar-refractivity contribution in [2.45, 2.75) is 0 Å². The largest absolute Gasteiger partial charge is 0.549 e. The molecule has 0 aliphatic rings. The Hall–Kier alpha value is 1.09. The SMILES string of the molecule is O=[Si]=O.[AlH3].[Ta]. The van der Waals surface area contributed by atoms with Crippen molar-refractivity contribution in [1.29, 1.82) is 0 Å². The Morgan fingerprint density at radius 2 is 1.20 bits per heavy atom. The molecule has 5 heavy (non-hydrogen) atoms. The molecule has 0 saturated carbocycles. The minimum atomic E-state index is -1.42. The fraction of sp³-hybridized carbons (Fsp3) is 0. The normalized spacial score (nSPS) is 1.60. The van der Waals surface area contributed by atoms with Gasteiger partial charge in [0.1, 0.15) is 0 Å². The quantitative estimate of drug-likeness (QED) is 0.487. The van der Waals surface area contributed by atoms with E-state index in [0.717, 1.165) is 0 Å². The Labute approximate surface area is 57.9 Å². The van der Waals surface area contributed by atoms with Gasteiger partial charge in [-0.3, -0.25) is 8.92 Å². The molecule has 0 amide bonds. The van der Waals surface area contributed by atoms with E-state index in [1.54, 1.807) is 0 Å². The molecule has 0 unspecified atom stereocenters. The van der Waals surface area contributed by atoms with Crippen molar-refractivity contribution in [3.05, 3.63) is 0 Å². The van der Waals surface area contributed by atoms with Crippen LogP contribution in [0.5, 0.6) is 0 Å². The van der Waals surface area contributed by atoms with Crippen LogP contribution in [0.15, 0.2) is 0 Å². The summed E-state index contributed by atoms with van der Waals surface area (Å²) in [6, 6.07) is 0. The van der Waals surface area contributed by atoms with Gasteiger partial charge in [-0.15, -0.1) is 0 Å². The second-order valence-electron chi connectivity index (χ2n) is 0.0833. The number of hydrogen-bond acceptors (Lipinski definition) is 2. The average molecular weight is 271 g/mol. The third kappa shape index (κ3) is 40.9. The molecule has 0 aliphatic heterocycles. The maximum absolute atomic E-state index is 8.40. The van der Waals surface area contributed by atoms with Crippen LogP contribution in [0.3, 0.4) is 0 Å². The van der Waals surface area contributed by atoms with Crippen LogP contribution in [-0.2, 0) is 31.3 Å². The monoisotopic (exact) mass is 271 g/mol. The average Bonchev–Trinajstić information content (AvgIpc) is 0.918. The second kappa shape index (κ2) is 19.5. The molecule has 0 saturated heterocycles. The summed E-state index contributed by atoms with van der Waals surface area (Å²) in [6.45, 7) is 0. The van der Waals surface area contributed by atoms with Gasteiger partial charge >= 0.3 is 9.29 Å². The summed E-state index contributed by atoms with van der Waals surface area (Å²) < 4.78 is 16.8. The molecule has 27 valence electrons. The topological polar surface area (TPSA) is 34.1 Å². The summed E-state index contributed by atoms with van der Waals surface area (Å²) in [7, 11) is -1.42. The molecule has 0 fully saturated rings. The zero-order chi connectivity index (χ0) is 2.71. The molecule has 0 N–H and O–H groups in total. The summed E-state index contributed by atoms with van der Waals surface area (Å²) >= 11 is 0. The molecule has 5 heteroatoms. The van der Waals surface area contributed by atoms with Crippen molar-refractivity contribution in [3.8, 4) is 0 Å². The smallest absolute Gasteiger partial charge is 0.274 e. The Balaban J connectivity index is -0.0000000200. The zero-order valence-corrected chi connectivity index (χ0v) is 5.98. The fourth-order valence-electron chi connectivity index (χ4n) is 0. The van der Waals surface area contributed by atoms with E-state index in [1.807, 2.05) is 0 Å². The first-order chi connectivity index (χ1) is 1.41. The molecule has 0 atom stereocenters. The van der Waals surface area contributed by atoms with E-state index < -0.39 is 9.29 Å². The maximum Gasteiger partial charge on any atom is 0.549 e. The van der Waals surface area contributed by atoms with Crippen molar-refractivity contribution >= 4 is 26.7 Å². The van der Waals surface area contributed by atoms with Crippen LogP contribution >= 0.6 is 0 Å². The summed E-state index contributed by atoms with van der Waals surface area (Å²) in [5, 5.41) is 0. The first kappa shape index (κ1) is 16.5. The van der Waals surface area contributed by atoms with Crippen molar-refractivity contribution in [2.24, 2.45) is 0 Å². The fourth-order valence-corrected chi connectivity index (χ4v) is 0. The molecule has 0 spiro atoms. The molecule has 0 aromatic heterocycles. The van der Waals surface area contributed by atoms with Crippen LogP contribution in [0.25, 0.3) is 0 Å². The van der Waals surface area contributed by atoms with Crippen molar-refractivity contribution in [1.82, 2.24) is 0 Å². The van der Waals surface area contributed by atoms with Crippen molar-refractivity contribution < 1.29 is 31.3 Å². The third-order valence-electron chi connectivity index (χ3n) is 0. The van der Waals surface area contributed by atoms with Gasteiger partial charge in [0.2, 0.25) is 0 Å². The summed E-state index contributed by atoms with van der Waals surface area (Å²) in [5.41, 5.74) is 0. The maximum atomic E-state index is 8.40.